The van der Waals surface area contributed by atoms with Crippen LogP contribution in [0.2, 0.25) is 0 Å². The Kier molecular flexibility index (Phi) is 9.44. The van der Waals surface area contributed by atoms with Crippen molar-refractivity contribution in [2.75, 3.05) is 26.3 Å². The SMILES string of the molecule is CCCCC(NC(=O)C1(NC(=O)N2CCOCC2)CCCCC1)C(=O)C(=O)NC1CCCC1=O. The van der Waals surface area contributed by atoms with E-state index in [1.807, 2.05) is 6.92 Å². The fourth-order valence-electron chi connectivity index (χ4n) is 4.94. The Morgan fingerprint density at radius 1 is 1.09 bits per heavy atom. The van der Waals surface area contributed by atoms with Gasteiger partial charge in [0.05, 0.1) is 25.3 Å². The summed E-state index contributed by atoms with van der Waals surface area (Å²) in [5.74, 6) is -2.07. The maximum Gasteiger partial charge on any atom is 0.318 e. The van der Waals surface area contributed by atoms with Crippen molar-refractivity contribution in [3.63, 3.8) is 0 Å². The molecule has 0 aromatic rings. The molecule has 2 aliphatic carbocycles. The molecule has 0 aromatic heterocycles. The number of urea groups is 1. The van der Waals surface area contributed by atoms with Crippen molar-refractivity contribution in [3.8, 4) is 0 Å². The number of hydrogen-bond acceptors (Lipinski definition) is 6. The summed E-state index contributed by atoms with van der Waals surface area (Å²) in [6.45, 7) is 3.80. The second-order valence-electron chi connectivity index (χ2n) is 9.59. The van der Waals surface area contributed by atoms with Crippen LogP contribution >= 0.6 is 0 Å². The fourth-order valence-corrected chi connectivity index (χ4v) is 4.94. The van der Waals surface area contributed by atoms with Crippen molar-refractivity contribution in [3.05, 3.63) is 0 Å². The van der Waals surface area contributed by atoms with E-state index in [0.29, 0.717) is 71.2 Å². The molecule has 3 N–H and O–H groups in total. The highest BCUT2D eigenvalue weighted by Gasteiger charge is 2.43. The van der Waals surface area contributed by atoms with E-state index in [0.717, 1.165) is 25.7 Å². The molecule has 190 valence electrons. The molecular weight excluding hydrogens is 440 g/mol. The second-order valence-corrected chi connectivity index (χ2v) is 9.59. The molecule has 1 heterocycles. The van der Waals surface area contributed by atoms with Gasteiger partial charge in [0.1, 0.15) is 5.54 Å². The summed E-state index contributed by atoms with van der Waals surface area (Å²) in [5.41, 5.74) is -1.11. The van der Waals surface area contributed by atoms with Crippen LogP contribution in [0.3, 0.4) is 0 Å². The van der Waals surface area contributed by atoms with E-state index in [9.17, 15) is 24.0 Å². The standard InChI is InChI=1S/C24H38N4O6/c1-2-3-8-18(20(30)21(31)25-17-9-7-10-19(17)29)26-22(32)24(11-5-4-6-12-24)27-23(33)28-13-15-34-16-14-28/h17-18H,2-16H2,1H3,(H,25,31)(H,26,32)(H,27,33). The number of hydrogen-bond donors (Lipinski definition) is 3. The molecule has 1 saturated heterocycles. The number of ketones is 2. The lowest BCUT2D eigenvalue weighted by atomic mass is 9.80. The molecule has 2 saturated carbocycles. The normalized spacial score (nSPS) is 23.1. The third-order valence-corrected chi connectivity index (χ3v) is 7.09. The van der Waals surface area contributed by atoms with Gasteiger partial charge in [-0.2, -0.15) is 0 Å². The molecule has 34 heavy (non-hydrogen) atoms. The first-order valence-electron chi connectivity index (χ1n) is 12.7. The molecule has 0 aromatic carbocycles. The van der Waals surface area contributed by atoms with Crippen molar-refractivity contribution in [2.45, 2.75) is 95.2 Å². The van der Waals surface area contributed by atoms with E-state index in [4.69, 9.17) is 4.74 Å². The van der Waals surface area contributed by atoms with Crippen LogP contribution in [-0.2, 0) is 23.9 Å². The lowest BCUT2D eigenvalue weighted by Gasteiger charge is -2.39. The van der Waals surface area contributed by atoms with Gasteiger partial charge >= 0.3 is 6.03 Å². The highest BCUT2D eigenvalue weighted by Crippen LogP contribution is 2.29. The third-order valence-electron chi connectivity index (χ3n) is 7.09. The maximum atomic E-state index is 13.5. The number of morpholine rings is 1. The monoisotopic (exact) mass is 478 g/mol. The summed E-state index contributed by atoms with van der Waals surface area (Å²) < 4.78 is 5.31. The molecule has 3 fully saturated rings. The summed E-state index contributed by atoms with van der Waals surface area (Å²) in [4.78, 5) is 65.6. The molecule has 3 rings (SSSR count). The number of ether oxygens (including phenoxy) is 1. The summed E-state index contributed by atoms with van der Waals surface area (Å²) in [6.07, 6.45) is 6.89. The van der Waals surface area contributed by atoms with Crippen LogP contribution in [0.4, 0.5) is 4.79 Å². The number of amides is 4. The van der Waals surface area contributed by atoms with E-state index < -0.39 is 35.2 Å². The Bertz CT molecular complexity index is 773. The highest BCUT2D eigenvalue weighted by molar-refractivity contribution is 6.38. The van der Waals surface area contributed by atoms with Gasteiger partial charge in [-0.25, -0.2) is 4.79 Å². The molecule has 10 nitrogen and oxygen atoms in total. The Labute approximate surface area is 200 Å². The van der Waals surface area contributed by atoms with Gasteiger partial charge in [0, 0.05) is 19.5 Å². The Hall–Kier alpha value is -2.49. The maximum absolute atomic E-state index is 13.5. The molecule has 10 heteroatoms. The average molecular weight is 479 g/mol. The van der Waals surface area contributed by atoms with E-state index in [2.05, 4.69) is 16.0 Å². The van der Waals surface area contributed by atoms with Crippen LogP contribution in [0.5, 0.6) is 0 Å². The number of unbranched alkanes of at least 4 members (excludes halogenated alkanes) is 1. The summed E-state index contributed by atoms with van der Waals surface area (Å²) in [7, 11) is 0. The van der Waals surface area contributed by atoms with Gasteiger partial charge in [0.15, 0.2) is 5.78 Å². The number of rotatable bonds is 9. The van der Waals surface area contributed by atoms with Crippen LogP contribution in [0.1, 0.15) is 77.6 Å². The molecule has 3 aliphatic rings. The van der Waals surface area contributed by atoms with Crippen molar-refractivity contribution >= 4 is 29.4 Å². The summed E-state index contributed by atoms with van der Waals surface area (Å²) in [5, 5.41) is 8.30. The van der Waals surface area contributed by atoms with Crippen LogP contribution in [0.25, 0.3) is 0 Å². The second kappa shape index (κ2) is 12.3. The van der Waals surface area contributed by atoms with E-state index in [-0.39, 0.29) is 11.8 Å². The van der Waals surface area contributed by atoms with Crippen molar-refractivity contribution in [1.29, 1.82) is 0 Å². The summed E-state index contributed by atoms with van der Waals surface area (Å²) >= 11 is 0. The van der Waals surface area contributed by atoms with Crippen LogP contribution in [0, 0.1) is 0 Å². The Balaban J connectivity index is 1.69. The zero-order valence-electron chi connectivity index (χ0n) is 20.2. The Morgan fingerprint density at radius 2 is 1.79 bits per heavy atom. The first-order chi connectivity index (χ1) is 16.4. The minimum Gasteiger partial charge on any atom is -0.378 e. The van der Waals surface area contributed by atoms with Gasteiger partial charge in [0.2, 0.25) is 11.7 Å². The van der Waals surface area contributed by atoms with Gasteiger partial charge in [0.25, 0.3) is 5.91 Å². The first-order valence-corrected chi connectivity index (χ1v) is 12.7. The highest BCUT2D eigenvalue weighted by atomic mass is 16.5. The minimum atomic E-state index is -1.11. The molecule has 0 spiro atoms. The molecule has 0 bridgehead atoms. The van der Waals surface area contributed by atoms with E-state index in [1.54, 1.807) is 4.90 Å². The van der Waals surface area contributed by atoms with E-state index >= 15 is 0 Å². The number of nitrogens with zero attached hydrogens (tertiary/aromatic N) is 1. The molecule has 0 radical (unpaired) electrons. The largest absolute Gasteiger partial charge is 0.378 e. The quantitative estimate of drug-likeness (QED) is 0.427. The molecular formula is C24H38N4O6. The number of nitrogens with one attached hydrogen (secondary N) is 3. The van der Waals surface area contributed by atoms with Gasteiger partial charge in [-0.3, -0.25) is 19.2 Å². The zero-order valence-corrected chi connectivity index (χ0v) is 20.2. The lowest BCUT2D eigenvalue weighted by molar-refractivity contribution is -0.142. The minimum absolute atomic E-state index is 0.0673. The number of carbonyl (C=O) groups excluding carboxylic acids is 5. The van der Waals surface area contributed by atoms with Crippen molar-refractivity contribution < 1.29 is 28.7 Å². The van der Waals surface area contributed by atoms with Gasteiger partial charge in [-0.05, 0) is 32.1 Å². The van der Waals surface area contributed by atoms with Crippen molar-refractivity contribution in [1.82, 2.24) is 20.9 Å². The molecule has 2 unspecified atom stereocenters. The number of carbonyl (C=O) groups is 5. The predicted molar refractivity (Wildman–Crippen MR) is 124 cm³/mol. The molecule has 4 amide bonds. The lowest BCUT2D eigenvalue weighted by Crippen LogP contribution is -2.64. The summed E-state index contributed by atoms with van der Waals surface area (Å²) in [6, 6.07) is -1.94. The molecule has 1 aliphatic heterocycles. The van der Waals surface area contributed by atoms with E-state index in [1.165, 1.54) is 0 Å². The topological polar surface area (TPSA) is 134 Å². The van der Waals surface area contributed by atoms with Crippen LogP contribution < -0.4 is 16.0 Å². The first kappa shape index (κ1) is 26.1. The third kappa shape index (κ3) is 6.55. The Morgan fingerprint density at radius 3 is 2.41 bits per heavy atom. The average Bonchev–Trinajstić information content (AvgIpc) is 3.26. The number of Topliss-reactive ketones (excluding diaryl/α,β-unsaturated/α-hetero) is 2. The van der Waals surface area contributed by atoms with Gasteiger partial charge in [-0.1, -0.05) is 39.0 Å². The van der Waals surface area contributed by atoms with Gasteiger partial charge < -0.3 is 25.6 Å². The predicted octanol–water partition coefficient (Wildman–Crippen LogP) is 1.21. The van der Waals surface area contributed by atoms with Crippen LogP contribution in [-0.4, -0.2) is 78.2 Å². The van der Waals surface area contributed by atoms with Crippen LogP contribution in [0.15, 0.2) is 0 Å². The van der Waals surface area contributed by atoms with Crippen molar-refractivity contribution in [2.24, 2.45) is 0 Å². The molecule has 2 atom stereocenters. The zero-order chi connectivity index (χ0) is 24.6. The van der Waals surface area contributed by atoms with Gasteiger partial charge in [-0.15, -0.1) is 0 Å². The fraction of sp³-hybridized carbons (Fsp3) is 0.792. The smallest absolute Gasteiger partial charge is 0.318 e.